The van der Waals surface area contributed by atoms with E-state index in [9.17, 15) is 4.79 Å². The number of hydrogen-bond donors (Lipinski definition) is 2. The normalized spacial score (nSPS) is 10.6. The van der Waals surface area contributed by atoms with E-state index in [-0.39, 0.29) is 11.9 Å². The Morgan fingerprint density at radius 2 is 1.91 bits per heavy atom. The SMILES string of the molecule is Cc1nc(Nc2ccc(C)c(Cl)c2)cc(C(=O)NC(C)C)n1. The van der Waals surface area contributed by atoms with E-state index in [0.29, 0.717) is 22.4 Å². The van der Waals surface area contributed by atoms with Gasteiger partial charge in [-0.25, -0.2) is 9.97 Å². The number of hydrogen-bond acceptors (Lipinski definition) is 4. The number of amides is 1. The molecule has 0 saturated heterocycles. The van der Waals surface area contributed by atoms with Crippen molar-refractivity contribution in [1.82, 2.24) is 15.3 Å². The lowest BCUT2D eigenvalue weighted by molar-refractivity contribution is 0.0937. The second-order valence-corrected chi connectivity index (χ2v) is 5.81. The van der Waals surface area contributed by atoms with Gasteiger partial charge in [0, 0.05) is 22.8 Å². The monoisotopic (exact) mass is 318 g/mol. The highest BCUT2D eigenvalue weighted by molar-refractivity contribution is 6.31. The molecule has 1 aromatic heterocycles. The summed E-state index contributed by atoms with van der Waals surface area (Å²) >= 11 is 6.11. The first-order valence-corrected chi connectivity index (χ1v) is 7.42. The Bertz CT molecular complexity index is 701. The first-order valence-electron chi connectivity index (χ1n) is 7.05. The highest BCUT2D eigenvalue weighted by Gasteiger charge is 2.11. The second kappa shape index (κ2) is 6.75. The standard InChI is InChI=1S/C16H19ClN4O/c1-9(2)18-16(22)14-8-15(20-11(4)19-14)21-12-6-5-10(3)13(17)7-12/h5-9H,1-4H3,(H,18,22)(H,19,20,21). The first-order chi connectivity index (χ1) is 10.3. The molecule has 6 heteroatoms. The van der Waals surface area contributed by atoms with E-state index in [1.54, 1.807) is 13.0 Å². The molecular formula is C16H19ClN4O. The van der Waals surface area contributed by atoms with Crippen LogP contribution < -0.4 is 10.6 Å². The van der Waals surface area contributed by atoms with Crippen molar-refractivity contribution in [1.29, 1.82) is 0 Å². The summed E-state index contributed by atoms with van der Waals surface area (Å²) in [4.78, 5) is 20.5. The van der Waals surface area contributed by atoms with E-state index < -0.39 is 0 Å². The third-order valence-electron chi connectivity index (χ3n) is 2.93. The topological polar surface area (TPSA) is 66.9 Å². The van der Waals surface area contributed by atoms with Crippen molar-refractivity contribution in [3.05, 3.63) is 46.4 Å². The molecule has 5 nitrogen and oxygen atoms in total. The zero-order valence-electron chi connectivity index (χ0n) is 13.1. The van der Waals surface area contributed by atoms with Crippen LogP contribution in [0.3, 0.4) is 0 Å². The van der Waals surface area contributed by atoms with E-state index in [1.807, 2.05) is 39.0 Å². The number of nitrogens with one attached hydrogen (secondary N) is 2. The van der Waals surface area contributed by atoms with Crippen LogP contribution in [0.2, 0.25) is 5.02 Å². The molecule has 0 radical (unpaired) electrons. The van der Waals surface area contributed by atoms with E-state index in [0.717, 1.165) is 11.3 Å². The van der Waals surface area contributed by atoms with Crippen molar-refractivity contribution in [2.24, 2.45) is 0 Å². The number of anilines is 2. The van der Waals surface area contributed by atoms with E-state index in [4.69, 9.17) is 11.6 Å². The number of nitrogens with zero attached hydrogens (tertiary/aromatic N) is 2. The molecule has 1 heterocycles. The molecule has 22 heavy (non-hydrogen) atoms. The molecule has 0 unspecified atom stereocenters. The highest BCUT2D eigenvalue weighted by Crippen LogP contribution is 2.22. The largest absolute Gasteiger partial charge is 0.349 e. The fourth-order valence-electron chi connectivity index (χ4n) is 1.90. The number of rotatable bonds is 4. The van der Waals surface area contributed by atoms with Gasteiger partial charge in [0.2, 0.25) is 0 Å². The lowest BCUT2D eigenvalue weighted by Gasteiger charge is -2.11. The van der Waals surface area contributed by atoms with Gasteiger partial charge in [0.25, 0.3) is 5.91 Å². The number of aromatic nitrogens is 2. The van der Waals surface area contributed by atoms with Gasteiger partial charge in [0.1, 0.15) is 17.3 Å². The summed E-state index contributed by atoms with van der Waals surface area (Å²) < 4.78 is 0. The molecule has 2 N–H and O–H groups in total. The molecule has 0 aliphatic rings. The summed E-state index contributed by atoms with van der Waals surface area (Å²) in [5, 5.41) is 6.64. The summed E-state index contributed by atoms with van der Waals surface area (Å²) in [7, 11) is 0. The summed E-state index contributed by atoms with van der Waals surface area (Å²) in [5.74, 6) is 0.865. The smallest absolute Gasteiger partial charge is 0.270 e. The molecule has 0 bridgehead atoms. The van der Waals surface area contributed by atoms with Crippen LogP contribution in [-0.4, -0.2) is 21.9 Å². The lowest BCUT2D eigenvalue weighted by Crippen LogP contribution is -2.31. The number of carbonyl (C=O) groups is 1. The molecular weight excluding hydrogens is 300 g/mol. The summed E-state index contributed by atoms with van der Waals surface area (Å²) in [6, 6.07) is 7.33. The van der Waals surface area contributed by atoms with E-state index in [2.05, 4.69) is 20.6 Å². The van der Waals surface area contributed by atoms with Crippen molar-refractivity contribution in [3.8, 4) is 0 Å². The average Bonchev–Trinajstić information content (AvgIpc) is 2.41. The predicted octanol–water partition coefficient (Wildman–Crippen LogP) is 3.63. The van der Waals surface area contributed by atoms with Crippen molar-refractivity contribution >= 4 is 29.0 Å². The minimum absolute atomic E-state index is 0.0510. The fourth-order valence-corrected chi connectivity index (χ4v) is 2.08. The number of halogens is 1. The van der Waals surface area contributed by atoms with Gasteiger partial charge < -0.3 is 10.6 Å². The average molecular weight is 319 g/mol. The predicted molar refractivity (Wildman–Crippen MR) is 88.8 cm³/mol. The zero-order valence-corrected chi connectivity index (χ0v) is 13.8. The van der Waals surface area contributed by atoms with Crippen molar-refractivity contribution in [2.75, 3.05) is 5.32 Å². The van der Waals surface area contributed by atoms with Gasteiger partial charge in [0.15, 0.2) is 0 Å². The van der Waals surface area contributed by atoms with E-state index in [1.165, 1.54) is 0 Å². The Morgan fingerprint density at radius 3 is 2.55 bits per heavy atom. The lowest BCUT2D eigenvalue weighted by atomic mass is 10.2. The quantitative estimate of drug-likeness (QED) is 0.903. The molecule has 0 aliphatic carbocycles. The molecule has 2 rings (SSSR count). The third kappa shape index (κ3) is 4.18. The van der Waals surface area contributed by atoms with Crippen molar-refractivity contribution in [2.45, 2.75) is 33.7 Å². The molecule has 1 amide bonds. The van der Waals surface area contributed by atoms with Crippen LogP contribution in [0.25, 0.3) is 0 Å². The van der Waals surface area contributed by atoms with Crippen LogP contribution in [0.1, 0.15) is 35.7 Å². The minimum Gasteiger partial charge on any atom is -0.349 e. The maximum Gasteiger partial charge on any atom is 0.270 e. The van der Waals surface area contributed by atoms with Crippen LogP contribution in [-0.2, 0) is 0 Å². The number of aryl methyl sites for hydroxylation is 2. The Balaban J connectivity index is 2.26. The number of benzene rings is 1. The summed E-state index contributed by atoms with van der Waals surface area (Å²) in [5.41, 5.74) is 2.15. The number of carbonyl (C=O) groups excluding carboxylic acids is 1. The molecule has 1 aromatic carbocycles. The van der Waals surface area contributed by atoms with Crippen LogP contribution in [0, 0.1) is 13.8 Å². The zero-order chi connectivity index (χ0) is 16.3. The van der Waals surface area contributed by atoms with Gasteiger partial charge in [-0.05, 0) is 45.4 Å². The summed E-state index contributed by atoms with van der Waals surface area (Å²) in [6.07, 6.45) is 0. The Hall–Kier alpha value is -2.14. The molecule has 0 spiro atoms. The van der Waals surface area contributed by atoms with Gasteiger partial charge in [-0.3, -0.25) is 4.79 Å². The van der Waals surface area contributed by atoms with Crippen molar-refractivity contribution in [3.63, 3.8) is 0 Å². The molecule has 0 fully saturated rings. The van der Waals surface area contributed by atoms with Gasteiger partial charge in [0.05, 0.1) is 0 Å². The molecule has 2 aromatic rings. The van der Waals surface area contributed by atoms with E-state index >= 15 is 0 Å². The second-order valence-electron chi connectivity index (χ2n) is 5.40. The van der Waals surface area contributed by atoms with Crippen LogP contribution in [0.15, 0.2) is 24.3 Å². The molecule has 0 aliphatic heterocycles. The molecule has 0 atom stereocenters. The minimum atomic E-state index is -0.217. The molecule has 116 valence electrons. The first kappa shape index (κ1) is 16.2. The van der Waals surface area contributed by atoms with Crippen LogP contribution >= 0.6 is 11.6 Å². The third-order valence-corrected chi connectivity index (χ3v) is 3.34. The Morgan fingerprint density at radius 1 is 1.18 bits per heavy atom. The van der Waals surface area contributed by atoms with Gasteiger partial charge in [-0.1, -0.05) is 17.7 Å². The van der Waals surface area contributed by atoms with Crippen molar-refractivity contribution < 1.29 is 4.79 Å². The van der Waals surface area contributed by atoms with Gasteiger partial charge in [-0.2, -0.15) is 0 Å². The Labute approximate surface area is 135 Å². The van der Waals surface area contributed by atoms with Crippen LogP contribution in [0.4, 0.5) is 11.5 Å². The fraction of sp³-hybridized carbons (Fsp3) is 0.312. The summed E-state index contributed by atoms with van der Waals surface area (Å²) in [6.45, 7) is 7.49. The Kier molecular flexibility index (Phi) is 4.98. The van der Waals surface area contributed by atoms with Gasteiger partial charge >= 0.3 is 0 Å². The molecule has 0 saturated carbocycles. The van der Waals surface area contributed by atoms with Crippen LogP contribution in [0.5, 0.6) is 0 Å². The van der Waals surface area contributed by atoms with Gasteiger partial charge in [-0.15, -0.1) is 0 Å². The highest BCUT2D eigenvalue weighted by atomic mass is 35.5. The maximum atomic E-state index is 12.1. The maximum absolute atomic E-state index is 12.1.